The second-order valence-corrected chi connectivity index (χ2v) is 8.41. The highest BCUT2D eigenvalue weighted by atomic mass is 16.5. The number of esters is 2. The summed E-state index contributed by atoms with van der Waals surface area (Å²) in [6.07, 6.45) is 10.5. The third-order valence-electron chi connectivity index (χ3n) is 5.61. The summed E-state index contributed by atoms with van der Waals surface area (Å²) < 4.78 is 10.8. The molecule has 0 aliphatic rings. The second kappa shape index (κ2) is 13.3. The van der Waals surface area contributed by atoms with E-state index in [1.54, 1.807) is 24.3 Å². The van der Waals surface area contributed by atoms with Gasteiger partial charge in [-0.05, 0) is 73.2 Å². The van der Waals surface area contributed by atoms with Gasteiger partial charge in [-0.1, -0.05) is 63.8 Å². The van der Waals surface area contributed by atoms with Gasteiger partial charge < -0.3 is 9.47 Å². The van der Waals surface area contributed by atoms with Crippen LogP contribution >= 0.6 is 0 Å². The van der Waals surface area contributed by atoms with E-state index in [1.807, 2.05) is 24.3 Å². The van der Waals surface area contributed by atoms with Crippen molar-refractivity contribution in [2.45, 2.75) is 65.2 Å². The van der Waals surface area contributed by atoms with E-state index in [0.717, 1.165) is 25.7 Å². The van der Waals surface area contributed by atoms with Crippen LogP contribution in [0.1, 0.15) is 84.3 Å². The van der Waals surface area contributed by atoms with Crippen molar-refractivity contribution >= 4 is 11.9 Å². The number of rotatable bonds is 12. The van der Waals surface area contributed by atoms with Gasteiger partial charge in [-0.3, -0.25) is 0 Å². The number of nitrogens with zero attached hydrogens (tertiary/aromatic N) is 1. The molecule has 0 aliphatic carbocycles. The molecule has 5 nitrogen and oxygen atoms in total. The van der Waals surface area contributed by atoms with Gasteiger partial charge in [0.15, 0.2) is 0 Å². The van der Waals surface area contributed by atoms with E-state index in [2.05, 4.69) is 18.8 Å². The lowest BCUT2D eigenvalue weighted by Gasteiger charge is -2.07. The summed E-state index contributed by atoms with van der Waals surface area (Å²) in [6.45, 7) is 4.36. The number of carbonyl (C=O) groups excluding carboxylic acids is 2. The van der Waals surface area contributed by atoms with Crippen LogP contribution in [0.4, 0.5) is 0 Å². The van der Waals surface area contributed by atoms with Gasteiger partial charge in [0, 0.05) is 6.20 Å². The lowest BCUT2D eigenvalue weighted by molar-refractivity contribution is 0.0715. The lowest BCUT2D eigenvalue weighted by Crippen LogP contribution is -2.13. The first kappa shape index (κ1) is 25.2. The SMILES string of the molecule is CCCCCc1ccc(OC(=O)c2ccc(C(=O)Oc3ccc(CCCCC)cc3)nc2)cc1. The number of hydrogen-bond donors (Lipinski definition) is 0. The average molecular weight is 460 g/mol. The number of unbranched alkanes of at least 4 members (excludes halogenated alkanes) is 4. The third kappa shape index (κ3) is 7.84. The molecule has 178 valence electrons. The van der Waals surface area contributed by atoms with Crippen molar-refractivity contribution in [3.8, 4) is 11.5 Å². The van der Waals surface area contributed by atoms with Crippen LogP contribution in [-0.2, 0) is 12.8 Å². The predicted molar refractivity (Wildman–Crippen MR) is 133 cm³/mol. The van der Waals surface area contributed by atoms with E-state index in [4.69, 9.17) is 9.47 Å². The normalized spacial score (nSPS) is 10.6. The molecule has 0 N–H and O–H groups in total. The zero-order valence-corrected chi connectivity index (χ0v) is 20.1. The van der Waals surface area contributed by atoms with Gasteiger partial charge in [0.1, 0.15) is 17.2 Å². The van der Waals surface area contributed by atoms with E-state index in [0.29, 0.717) is 11.5 Å². The number of pyridine rings is 1. The van der Waals surface area contributed by atoms with Crippen LogP contribution in [0.25, 0.3) is 0 Å². The number of aromatic nitrogens is 1. The van der Waals surface area contributed by atoms with Gasteiger partial charge in [0.25, 0.3) is 0 Å². The fraction of sp³-hybridized carbons (Fsp3) is 0.345. The molecule has 0 radical (unpaired) electrons. The Kier molecular flexibility index (Phi) is 9.83. The summed E-state index contributed by atoms with van der Waals surface area (Å²) in [5.41, 5.74) is 2.84. The summed E-state index contributed by atoms with van der Waals surface area (Å²) in [5.74, 6) is -0.152. The summed E-state index contributed by atoms with van der Waals surface area (Å²) in [7, 11) is 0. The molecule has 5 heteroatoms. The maximum absolute atomic E-state index is 12.4. The highest BCUT2D eigenvalue weighted by Crippen LogP contribution is 2.18. The molecule has 0 spiro atoms. The van der Waals surface area contributed by atoms with Crippen molar-refractivity contribution in [1.29, 1.82) is 0 Å². The summed E-state index contributed by atoms with van der Waals surface area (Å²) >= 11 is 0. The third-order valence-corrected chi connectivity index (χ3v) is 5.61. The molecule has 34 heavy (non-hydrogen) atoms. The van der Waals surface area contributed by atoms with Gasteiger partial charge in [-0.2, -0.15) is 0 Å². The quantitative estimate of drug-likeness (QED) is 0.166. The molecule has 1 aromatic heterocycles. The lowest BCUT2D eigenvalue weighted by atomic mass is 10.1. The van der Waals surface area contributed by atoms with Gasteiger partial charge >= 0.3 is 11.9 Å². The van der Waals surface area contributed by atoms with E-state index < -0.39 is 11.9 Å². The second-order valence-electron chi connectivity index (χ2n) is 8.41. The molecule has 0 aliphatic heterocycles. The largest absolute Gasteiger partial charge is 0.423 e. The molecule has 2 aromatic carbocycles. The highest BCUT2D eigenvalue weighted by molar-refractivity contribution is 5.93. The Bertz CT molecular complexity index is 954. The predicted octanol–water partition coefficient (Wildman–Crippen LogP) is 6.99. The Morgan fingerprint density at radius 3 is 1.59 bits per heavy atom. The fourth-order valence-corrected chi connectivity index (χ4v) is 3.57. The zero-order valence-electron chi connectivity index (χ0n) is 20.1. The van der Waals surface area contributed by atoms with Crippen LogP contribution in [-0.4, -0.2) is 16.9 Å². The summed E-state index contributed by atoms with van der Waals surface area (Å²) in [4.78, 5) is 28.9. The van der Waals surface area contributed by atoms with E-state index in [9.17, 15) is 9.59 Å². The topological polar surface area (TPSA) is 65.5 Å². The molecular weight excluding hydrogens is 426 g/mol. The monoisotopic (exact) mass is 459 g/mol. The first-order valence-corrected chi connectivity index (χ1v) is 12.2. The molecule has 0 atom stereocenters. The van der Waals surface area contributed by atoms with Gasteiger partial charge in [0.05, 0.1) is 5.56 Å². The van der Waals surface area contributed by atoms with Crippen LogP contribution in [0.5, 0.6) is 11.5 Å². The van der Waals surface area contributed by atoms with Gasteiger partial charge in [-0.15, -0.1) is 0 Å². The molecule has 1 heterocycles. The number of carbonyl (C=O) groups is 2. The Morgan fingerprint density at radius 1 is 0.647 bits per heavy atom. The first-order chi connectivity index (χ1) is 16.6. The molecule has 0 fully saturated rings. The molecule has 0 saturated heterocycles. The Balaban J connectivity index is 1.51. The van der Waals surface area contributed by atoms with Crippen LogP contribution in [0.3, 0.4) is 0 Å². The van der Waals surface area contributed by atoms with Crippen molar-refractivity contribution < 1.29 is 19.1 Å². The van der Waals surface area contributed by atoms with Crippen molar-refractivity contribution in [3.05, 3.63) is 89.2 Å². The number of hydrogen-bond acceptors (Lipinski definition) is 5. The highest BCUT2D eigenvalue weighted by Gasteiger charge is 2.14. The fourth-order valence-electron chi connectivity index (χ4n) is 3.57. The molecule has 0 saturated carbocycles. The minimum atomic E-state index is -0.572. The zero-order chi connectivity index (χ0) is 24.2. The Labute approximate surface area is 202 Å². The van der Waals surface area contributed by atoms with Crippen molar-refractivity contribution in [2.24, 2.45) is 0 Å². The molecule has 0 amide bonds. The molecule has 3 rings (SSSR count). The first-order valence-electron chi connectivity index (χ1n) is 12.2. The van der Waals surface area contributed by atoms with Crippen LogP contribution in [0.15, 0.2) is 66.9 Å². The Hall–Kier alpha value is -3.47. The smallest absolute Gasteiger partial charge is 0.362 e. The van der Waals surface area contributed by atoms with E-state index in [1.165, 1.54) is 55.1 Å². The standard InChI is InChI=1S/C29H33NO4/c1-3-5-7-9-22-11-16-25(17-12-22)33-28(31)24-15-20-27(30-21-24)29(32)34-26-18-13-23(14-19-26)10-8-6-4-2/h11-21H,3-10H2,1-2H3. The molecule has 3 aromatic rings. The summed E-state index contributed by atoms with van der Waals surface area (Å²) in [6, 6.07) is 18.1. The number of benzene rings is 2. The maximum atomic E-state index is 12.4. The van der Waals surface area contributed by atoms with Gasteiger partial charge in [-0.25, -0.2) is 14.6 Å². The number of ether oxygens (including phenoxy) is 2. The molecular formula is C29H33NO4. The van der Waals surface area contributed by atoms with Crippen molar-refractivity contribution in [3.63, 3.8) is 0 Å². The summed E-state index contributed by atoms with van der Waals surface area (Å²) in [5, 5.41) is 0. The maximum Gasteiger partial charge on any atom is 0.362 e. The van der Waals surface area contributed by atoms with E-state index in [-0.39, 0.29) is 11.3 Å². The number of aryl methyl sites for hydroxylation is 2. The van der Waals surface area contributed by atoms with Crippen LogP contribution in [0, 0.1) is 0 Å². The van der Waals surface area contributed by atoms with Crippen LogP contribution in [0.2, 0.25) is 0 Å². The molecule has 0 unspecified atom stereocenters. The minimum absolute atomic E-state index is 0.125. The van der Waals surface area contributed by atoms with Crippen molar-refractivity contribution in [2.75, 3.05) is 0 Å². The van der Waals surface area contributed by atoms with Gasteiger partial charge in [0.2, 0.25) is 0 Å². The van der Waals surface area contributed by atoms with E-state index >= 15 is 0 Å². The van der Waals surface area contributed by atoms with Crippen LogP contribution < -0.4 is 9.47 Å². The molecule has 0 bridgehead atoms. The Morgan fingerprint density at radius 2 is 1.15 bits per heavy atom. The van der Waals surface area contributed by atoms with Crippen molar-refractivity contribution in [1.82, 2.24) is 4.98 Å². The minimum Gasteiger partial charge on any atom is -0.423 e. The average Bonchev–Trinajstić information content (AvgIpc) is 2.86.